The number of aromatic nitrogens is 1. The van der Waals surface area contributed by atoms with E-state index >= 15 is 0 Å². The maximum Gasteiger partial charge on any atom is 0.249 e. The summed E-state index contributed by atoms with van der Waals surface area (Å²) in [6, 6.07) is 3.42. The van der Waals surface area contributed by atoms with Gasteiger partial charge in [-0.15, -0.1) is 0 Å². The van der Waals surface area contributed by atoms with E-state index in [4.69, 9.17) is 5.11 Å². The number of nitrogens with one attached hydrogen (secondary N) is 1. The normalized spacial score (nSPS) is 9.53. The molecule has 0 aromatic carbocycles. The fraction of sp³-hybridized carbons (Fsp3) is 0.273. The van der Waals surface area contributed by atoms with Crippen molar-refractivity contribution in [2.45, 2.75) is 20.5 Å². The van der Waals surface area contributed by atoms with Gasteiger partial charge >= 0.3 is 0 Å². The Balaban J connectivity index is 2.80. The van der Waals surface area contributed by atoms with E-state index in [1.807, 2.05) is 13.8 Å². The molecule has 0 aliphatic rings. The van der Waals surface area contributed by atoms with Crippen molar-refractivity contribution in [2.75, 3.05) is 5.32 Å². The molecule has 1 rings (SSSR count). The first-order valence-corrected chi connectivity index (χ1v) is 4.64. The summed E-state index contributed by atoms with van der Waals surface area (Å²) in [4.78, 5) is 15.4. The van der Waals surface area contributed by atoms with Crippen LogP contribution in [-0.4, -0.2) is 16.0 Å². The minimum absolute atomic E-state index is 0.141. The molecule has 1 heterocycles. The molecule has 0 unspecified atom stereocenters. The van der Waals surface area contributed by atoms with E-state index in [-0.39, 0.29) is 12.5 Å². The van der Waals surface area contributed by atoms with E-state index < -0.39 is 0 Å². The zero-order valence-corrected chi connectivity index (χ0v) is 8.82. The molecule has 15 heavy (non-hydrogen) atoms. The Morgan fingerprint density at radius 1 is 1.60 bits per heavy atom. The second-order valence-electron chi connectivity index (χ2n) is 3.38. The summed E-state index contributed by atoms with van der Waals surface area (Å²) >= 11 is 0. The van der Waals surface area contributed by atoms with E-state index in [1.54, 1.807) is 18.3 Å². The molecule has 1 aromatic rings. The van der Waals surface area contributed by atoms with Gasteiger partial charge in [0.15, 0.2) is 0 Å². The van der Waals surface area contributed by atoms with E-state index in [1.165, 1.54) is 6.08 Å². The highest BCUT2D eigenvalue weighted by molar-refractivity contribution is 5.99. The van der Waals surface area contributed by atoms with Crippen LogP contribution in [0.15, 0.2) is 30.0 Å². The van der Waals surface area contributed by atoms with Gasteiger partial charge in [-0.2, -0.15) is 0 Å². The van der Waals surface area contributed by atoms with Crippen LogP contribution >= 0.6 is 0 Å². The summed E-state index contributed by atoms with van der Waals surface area (Å²) in [6.07, 6.45) is 3.05. The van der Waals surface area contributed by atoms with Crippen molar-refractivity contribution < 1.29 is 9.90 Å². The molecule has 0 aliphatic heterocycles. The number of pyridine rings is 1. The van der Waals surface area contributed by atoms with Crippen molar-refractivity contribution in [3.05, 3.63) is 35.5 Å². The van der Waals surface area contributed by atoms with Crippen LogP contribution in [0.3, 0.4) is 0 Å². The van der Waals surface area contributed by atoms with E-state index in [9.17, 15) is 4.79 Å². The Bertz CT molecular complexity index is 382. The maximum absolute atomic E-state index is 11.4. The fourth-order valence-electron chi connectivity index (χ4n) is 1.09. The van der Waals surface area contributed by atoms with Crippen molar-refractivity contribution >= 4 is 11.7 Å². The number of carbonyl (C=O) groups is 1. The molecule has 0 aliphatic carbocycles. The Hall–Kier alpha value is -1.68. The number of carbonyl (C=O) groups excluding carboxylic acids is 1. The van der Waals surface area contributed by atoms with Gasteiger partial charge in [-0.05, 0) is 19.9 Å². The van der Waals surface area contributed by atoms with Crippen LogP contribution in [0.1, 0.15) is 19.4 Å². The molecule has 4 heteroatoms. The summed E-state index contributed by atoms with van der Waals surface area (Å²) < 4.78 is 0. The van der Waals surface area contributed by atoms with Gasteiger partial charge in [-0.1, -0.05) is 11.6 Å². The van der Waals surface area contributed by atoms with Gasteiger partial charge in [0, 0.05) is 17.8 Å². The standard InChI is InChI=1S/C11H14N2O2/c1-8(2)6-10(15)13-11-9(7-14)4-3-5-12-11/h3-6,14H,7H2,1-2H3,(H,12,13,15). The highest BCUT2D eigenvalue weighted by Crippen LogP contribution is 2.10. The van der Waals surface area contributed by atoms with Crippen LogP contribution in [0.25, 0.3) is 0 Å². The molecule has 0 radical (unpaired) electrons. The quantitative estimate of drug-likeness (QED) is 0.736. The van der Waals surface area contributed by atoms with E-state index in [2.05, 4.69) is 10.3 Å². The van der Waals surface area contributed by atoms with Crippen LogP contribution in [-0.2, 0) is 11.4 Å². The van der Waals surface area contributed by atoms with Crippen molar-refractivity contribution in [1.29, 1.82) is 0 Å². The second kappa shape index (κ2) is 5.26. The fourth-order valence-corrected chi connectivity index (χ4v) is 1.09. The SMILES string of the molecule is CC(C)=CC(=O)Nc1ncccc1CO. The molecule has 0 saturated heterocycles. The monoisotopic (exact) mass is 206 g/mol. The van der Waals surface area contributed by atoms with Crippen molar-refractivity contribution in [1.82, 2.24) is 4.98 Å². The summed E-state index contributed by atoms with van der Waals surface area (Å²) in [6.45, 7) is 3.54. The molecule has 0 spiro atoms. The molecule has 0 fully saturated rings. The molecule has 4 nitrogen and oxygen atoms in total. The Morgan fingerprint density at radius 3 is 2.93 bits per heavy atom. The number of nitrogens with zero attached hydrogens (tertiary/aromatic N) is 1. The van der Waals surface area contributed by atoms with Gasteiger partial charge < -0.3 is 10.4 Å². The summed E-state index contributed by atoms with van der Waals surface area (Å²) in [5, 5.41) is 11.6. The van der Waals surface area contributed by atoms with Gasteiger partial charge in [-0.25, -0.2) is 4.98 Å². The maximum atomic E-state index is 11.4. The average molecular weight is 206 g/mol. The van der Waals surface area contributed by atoms with Crippen LogP contribution in [0.4, 0.5) is 5.82 Å². The Kier molecular flexibility index (Phi) is 4.00. The number of allylic oxidation sites excluding steroid dienone is 1. The van der Waals surface area contributed by atoms with Crippen molar-refractivity contribution in [2.24, 2.45) is 0 Å². The van der Waals surface area contributed by atoms with Gasteiger partial charge in [0.1, 0.15) is 5.82 Å². The van der Waals surface area contributed by atoms with Crippen LogP contribution in [0, 0.1) is 0 Å². The van der Waals surface area contributed by atoms with Gasteiger partial charge in [-0.3, -0.25) is 4.79 Å². The third-order valence-electron chi connectivity index (χ3n) is 1.72. The number of amides is 1. The molecule has 0 bridgehead atoms. The lowest BCUT2D eigenvalue weighted by Crippen LogP contribution is -2.11. The number of rotatable bonds is 3. The zero-order valence-electron chi connectivity index (χ0n) is 8.82. The molecule has 1 amide bonds. The lowest BCUT2D eigenvalue weighted by molar-refractivity contribution is -0.112. The van der Waals surface area contributed by atoms with Gasteiger partial charge in [0.2, 0.25) is 5.91 Å². The lowest BCUT2D eigenvalue weighted by Gasteiger charge is -2.05. The zero-order chi connectivity index (χ0) is 11.3. The number of aliphatic hydroxyl groups is 1. The topological polar surface area (TPSA) is 62.2 Å². The summed E-state index contributed by atoms with van der Waals surface area (Å²) in [5.74, 6) is 0.172. The molecule has 2 N–H and O–H groups in total. The highest BCUT2D eigenvalue weighted by atomic mass is 16.3. The first-order valence-electron chi connectivity index (χ1n) is 4.64. The molecular weight excluding hydrogens is 192 g/mol. The third-order valence-corrected chi connectivity index (χ3v) is 1.72. The van der Waals surface area contributed by atoms with E-state index in [0.717, 1.165) is 5.57 Å². The molecule has 1 aromatic heterocycles. The first kappa shape index (κ1) is 11.4. The highest BCUT2D eigenvalue weighted by Gasteiger charge is 2.04. The predicted octanol–water partition coefficient (Wildman–Crippen LogP) is 1.48. The molecule has 80 valence electrons. The minimum atomic E-state index is -0.233. The molecular formula is C11H14N2O2. The summed E-state index contributed by atoms with van der Waals surface area (Å²) in [5.41, 5.74) is 1.52. The second-order valence-corrected chi connectivity index (χ2v) is 3.38. The van der Waals surface area contributed by atoms with Crippen molar-refractivity contribution in [3.8, 4) is 0 Å². The number of hydrogen-bond donors (Lipinski definition) is 2. The van der Waals surface area contributed by atoms with Gasteiger partial charge in [0.25, 0.3) is 0 Å². The van der Waals surface area contributed by atoms with Crippen molar-refractivity contribution in [3.63, 3.8) is 0 Å². The number of hydrogen-bond acceptors (Lipinski definition) is 3. The minimum Gasteiger partial charge on any atom is -0.392 e. The predicted molar refractivity (Wildman–Crippen MR) is 58.2 cm³/mol. The van der Waals surface area contributed by atoms with Crippen LogP contribution < -0.4 is 5.32 Å². The van der Waals surface area contributed by atoms with Crippen LogP contribution in [0.5, 0.6) is 0 Å². The number of aliphatic hydroxyl groups excluding tert-OH is 1. The van der Waals surface area contributed by atoms with E-state index in [0.29, 0.717) is 11.4 Å². The van der Waals surface area contributed by atoms with Crippen LogP contribution in [0.2, 0.25) is 0 Å². The lowest BCUT2D eigenvalue weighted by atomic mass is 10.2. The third kappa shape index (κ3) is 3.52. The van der Waals surface area contributed by atoms with Gasteiger partial charge in [0.05, 0.1) is 6.61 Å². The summed E-state index contributed by atoms with van der Waals surface area (Å²) in [7, 11) is 0. The molecule has 0 saturated carbocycles. The average Bonchev–Trinajstić information content (AvgIpc) is 2.17. The smallest absolute Gasteiger partial charge is 0.249 e. The number of anilines is 1. The first-order chi connectivity index (χ1) is 7.13. The Labute approximate surface area is 88.7 Å². The molecule has 0 atom stereocenters. The Morgan fingerprint density at radius 2 is 2.33 bits per heavy atom. The largest absolute Gasteiger partial charge is 0.392 e.